The van der Waals surface area contributed by atoms with Crippen LogP contribution in [0.15, 0.2) is 48.1 Å². The van der Waals surface area contributed by atoms with Crippen LogP contribution in [-0.4, -0.2) is 104 Å². The number of methoxy groups -OCH3 is 1. The largest absolute Gasteiger partial charge is 0.463 e. The van der Waals surface area contributed by atoms with E-state index in [4.69, 9.17) is 37.9 Å². The number of non-ortho nitro benzene ring substituents is 1. The van der Waals surface area contributed by atoms with Gasteiger partial charge >= 0.3 is 17.9 Å². The predicted molar refractivity (Wildman–Crippen MR) is 197 cm³/mol. The molecule has 6 rings (SSSR count). The quantitative estimate of drug-likeness (QED) is 0.0729. The maximum Gasteiger partial charge on any atom is 0.338 e. The van der Waals surface area contributed by atoms with Crippen molar-refractivity contribution in [3.05, 3.63) is 63.7 Å². The number of nitro benzene ring substituents is 1. The van der Waals surface area contributed by atoms with Crippen molar-refractivity contribution in [2.45, 2.75) is 140 Å². The third-order valence-corrected chi connectivity index (χ3v) is 11.9. The van der Waals surface area contributed by atoms with E-state index in [1.807, 2.05) is 19.9 Å². The Morgan fingerprint density at radius 3 is 2.47 bits per heavy atom. The van der Waals surface area contributed by atoms with Crippen molar-refractivity contribution < 1.29 is 57.2 Å². The zero-order valence-electron chi connectivity index (χ0n) is 32.4. The Bertz CT molecular complexity index is 1590. The van der Waals surface area contributed by atoms with E-state index >= 15 is 0 Å². The molecule has 0 amide bonds. The third-order valence-electron chi connectivity index (χ3n) is 11.9. The first-order valence-electron chi connectivity index (χ1n) is 19.6. The minimum Gasteiger partial charge on any atom is -0.463 e. The van der Waals surface area contributed by atoms with Crippen molar-refractivity contribution in [2.24, 2.45) is 17.8 Å². The number of ether oxygens (including phenoxy) is 8. The van der Waals surface area contributed by atoms with Gasteiger partial charge in [-0.05, 0) is 62.7 Å². The summed E-state index contributed by atoms with van der Waals surface area (Å²) >= 11 is 0. The lowest BCUT2D eigenvalue weighted by atomic mass is 9.77. The molecule has 0 saturated carbocycles. The van der Waals surface area contributed by atoms with Crippen LogP contribution in [0.1, 0.15) is 89.4 Å². The highest BCUT2D eigenvalue weighted by molar-refractivity contribution is 5.89. The molecule has 302 valence electrons. The fourth-order valence-corrected chi connectivity index (χ4v) is 8.86. The predicted octanol–water partition coefficient (Wildman–Crippen LogP) is 5.84. The van der Waals surface area contributed by atoms with Gasteiger partial charge in [0.2, 0.25) is 0 Å². The zero-order valence-corrected chi connectivity index (χ0v) is 32.4. The molecular weight excluding hydrogens is 714 g/mol. The van der Waals surface area contributed by atoms with E-state index in [1.54, 1.807) is 0 Å². The lowest BCUT2D eigenvalue weighted by Crippen LogP contribution is -2.60. The van der Waals surface area contributed by atoms with Gasteiger partial charge in [-0.3, -0.25) is 14.9 Å². The van der Waals surface area contributed by atoms with Crippen molar-refractivity contribution in [1.29, 1.82) is 0 Å². The molecule has 3 unspecified atom stereocenters. The van der Waals surface area contributed by atoms with Crippen LogP contribution in [0.25, 0.3) is 0 Å². The SMILES string of the molecule is C=C1C(CC[C@H]2C=C(C)C(COC(=O)COC)C(C[C@@H]3O[C@H]4C[C@@H](C)[C@@H](CCC)O[C@H]4[C@H](C)[C@H]3OC(=O)c3ccc([N+](=O)[O-])cc3)O2)O[C@H]2CCC(=O)O[C@@H]12. The third kappa shape index (κ3) is 9.48. The number of hydrogen-bond donors (Lipinski definition) is 0. The summed E-state index contributed by atoms with van der Waals surface area (Å²) in [4.78, 5) is 48.8. The maximum atomic E-state index is 13.7. The molecule has 1 aromatic carbocycles. The molecular formula is C41H55NO13. The molecule has 4 saturated heterocycles. The fourth-order valence-electron chi connectivity index (χ4n) is 8.86. The van der Waals surface area contributed by atoms with Gasteiger partial charge in [-0.2, -0.15) is 0 Å². The van der Waals surface area contributed by atoms with Gasteiger partial charge in [-0.15, -0.1) is 0 Å². The molecule has 1 aromatic rings. The molecule has 0 radical (unpaired) electrons. The summed E-state index contributed by atoms with van der Waals surface area (Å²) in [5.74, 6) is -1.67. The van der Waals surface area contributed by atoms with Crippen molar-refractivity contribution in [1.82, 2.24) is 0 Å². The highest BCUT2D eigenvalue weighted by Crippen LogP contribution is 2.43. The number of carbonyl (C=O) groups is 3. The first-order valence-corrected chi connectivity index (χ1v) is 19.6. The molecule has 0 aliphatic carbocycles. The fraction of sp³-hybridized carbons (Fsp3) is 0.683. The normalized spacial score (nSPS) is 35.9. The topological polar surface area (TPSA) is 168 Å². The molecule has 5 aliphatic rings. The van der Waals surface area contributed by atoms with E-state index in [1.165, 1.54) is 31.4 Å². The first-order chi connectivity index (χ1) is 26.4. The molecule has 55 heavy (non-hydrogen) atoms. The van der Waals surface area contributed by atoms with E-state index in [0.29, 0.717) is 32.1 Å². The molecule has 14 nitrogen and oxygen atoms in total. The smallest absolute Gasteiger partial charge is 0.338 e. The van der Waals surface area contributed by atoms with E-state index in [9.17, 15) is 24.5 Å². The standard InChI is InChI=1S/C41H55NO13/c1-7-8-30-23(3)18-34-39(53-30)25(5)40(55-41(45)26-9-11-27(12-10-26)42(46)47)35(52-34)19-33-29(20-49-37(44)21-48-6)22(2)17-28(50-33)13-14-31-24(4)38-32(51-31)15-16-36(43)54-38/h9-12,17,23,25,28-35,38-40H,4,7-8,13-16,18-21H2,1-3,5-6H3/t23-,25+,28+,29?,30-,31?,32+,33?,34+,35+,38+,39+,40-/m1/s1. The summed E-state index contributed by atoms with van der Waals surface area (Å²) in [5, 5.41) is 11.3. The number of benzene rings is 1. The lowest BCUT2D eigenvalue weighted by molar-refractivity contribution is -0.384. The zero-order chi connectivity index (χ0) is 39.4. The molecule has 0 aromatic heterocycles. The average Bonchev–Trinajstić information content (AvgIpc) is 3.46. The van der Waals surface area contributed by atoms with Gasteiger partial charge in [0, 0.05) is 43.9 Å². The highest BCUT2D eigenvalue weighted by atomic mass is 16.6. The lowest BCUT2D eigenvalue weighted by Gasteiger charge is -2.51. The van der Waals surface area contributed by atoms with Gasteiger partial charge in [0.05, 0.1) is 59.3 Å². The second kappa shape index (κ2) is 18.1. The number of nitrogens with zero attached hydrogens (tertiary/aromatic N) is 1. The van der Waals surface area contributed by atoms with Crippen molar-refractivity contribution in [2.75, 3.05) is 20.3 Å². The minimum atomic E-state index is -0.745. The summed E-state index contributed by atoms with van der Waals surface area (Å²) in [5.41, 5.74) is 1.80. The van der Waals surface area contributed by atoms with Crippen LogP contribution in [-0.2, 0) is 47.5 Å². The number of nitro groups is 1. The Hall–Kier alpha value is -3.69. The molecule has 5 aliphatic heterocycles. The van der Waals surface area contributed by atoms with E-state index in [0.717, 1.165) is 30.4 Å². The van der Waals surface area contributed by atoms with E-state index < -0.39 is 41.3 Å². The molecule has 0 bridgehead atoms. The number of fused-ring (bicyclic) bond motifs is 2. The monoisotopic (exact) mass is 769 g/mol. The van der Waals surface area contributed by atoms with Crippen molar-refractivity contribution >= 4 is 23.6 Å². The van der Waals surface area contributed by atoms with Crippen LogP contribution in [0.3, 0.4) is 0 Å². The van der Waals surface area contributed by atoms with Gasteiger partial charge < -0.3 is 37.9 Å². The van der Waals surface area contributed by atoms with Crippen molar-refractivity contribution in [3.8, 4) is 0 Å². The van der Waals surface area contributed by atoms with Crippen LogP contribution in [0.5, 0.6) is 0 Å². The Labute approximate surface area is 322 Å². The Morgan fingerprint density at radius 2 is 1.76 bits per heavy atom. The van der Waals surface area contributed by atoms with Crippen LogP contribution >= 0.6 is 0 Å². The van der Waals surface area contributed by atoms with Crippen molar-refractivity contribution in [3.63, 3.8) is 0 Å². The summed E-state index contributed by atoms with van der Waals surface area (Å²) in [6.45, 7) is 12.4. The maximum absolute atomic E-state index is 13.7. The molecule has 13 atom stereocenters. The number of esters is 3. The highest BCUT2D eigenvalue weighted by Gasteiger charge is 2.52. The molecule has 0 N–H and O–H groups in total. The van der Waals surface area contributed by atoms with Crippen LogP contribution in [0.4, 0.5) is 5.69 Å². The summed E-state index contributed by atoms with van der Waals surface area (Å²) in [6, 6.07) is 5.33. The summed E-state index contributed by atoms with van der Waals surface area (Å²) in [6.07, 6.45) is 3.58. The molecule has 4 fully saturated rings. The van der Waals surface area contributed by atoms with Gasteiger partial charge in [-0.25, -0.2) is 9.59 Å². The molecule has 14 heteroatoms. The Balaban J connectivity index is 1.23. The van der Waals surface area contributed by atoms with Crippen LogP contribution in [0, 0.1) is 27.9 Å². The second-order valence-corrected chi connectivity index (χ2v) is 15.7. The second-order valence-electron chi connectivity index (χ2n) is 15.7. The van der Waals surface area contributed by atoms with Crippen LogP contribution < -0.4 is 0 Å². The minimum absolute atomic E-state index is 0.0530. The van der Waals surface area contributed by atoms with E-state index in [2.05, 4.69) is 20.4 Å². The van der Waals surface area contributed by atoms with Crippen LogP contribution in [0.2, 0.25) is 0 Å². The molecule has 5 heterocycles. The van der Waals surface area contributed by atoms with Gasteiger partial charge in [0.15, 0.2) is 6.10 Å². The van der Waals surface area contributed by atoms with E-state index in [-0.39, 0.29) is 84.8 Å². The number of rotatable bonds is 14. The van der Waals surface area contributed by atoms with Gasteiger partial charge in [0.25, 0.3) is 5.69 Å². The number of hydrogen-bond acceptors (Lipinski definition) is 13. The molecule has 0 spiro atoms. The van der Waals surface area contributed by atoms with Gasteiger partial charge in [-0.1, -0.05) is 45.4 Å². The average molecular weight is 770 g/mol. The summed E-state index contributed by atoms with van der Waals surface area (Å²) in [7, 11) is 1.43. The first kappa shape index (κ1) is 41.0. The number of carbonyl (C=O) groups excluding carboxylic acids is 3. The Morgan fingerprint density at radius 1 is 1.00 bits per heavy atom. The van der Waals surface area contributed by atoms with Gasteiger partial charge in [0.1, 0.15) is 19.3 Å². The summed E-state index contributed by atoms with van der Waals surface area (Å²) < 4.78 is 49.1. The Kier molecular flexibility index (Phi) is 13.4.